The molecule has 0 aliphatic heterocycles. The van der Waals surface area contributed by atoms with E-state index in [1.165, 1.54) is 0 Å². The topological polar surface area (TPSA) is 52.5 Å². The highest BCUT2D eigenvalue weighted by Gasteiger charge is 2.04. The molecule has 1 aromatic rings. The Balaban J connectivity index is 2.66. The lowest BCUT2D eigenvalue weighted by atomic mass is 10.2. The first-order valence-corrected chi connectivity index (χ1v) is 4.69. The van der Waals surface area contributed by atoms with E-state index in [1.54, 1.807) is 0 Å². The van der Waals surface area contributed by atoms with Crippen molar-refractivity contribution in [3.05, 3.63) is 17.2 Å². The van der Waals surface area contributed by atoms with Gasteiger partial charge in [-0.2, -0.15) is 5.26 Å². The maximum absolute atomic E-state index is 8.42. The van der Waals surface area contributed by atoms with E-state index < -0.39 is 0 Å². The smallest absolute Gasteiger partial charge is 0.107 e. The highest BCUT2D eigenvalue weighted by Crippen LogP contribution is 2.08. The fourth-order valence-corrected chi connectivity index (χ4v) is 1.34. The lowest BCUT2D eigenvalue weighted by Crippen LogP contribution is -1.88. The molecule has 1 N–H and O–H groups in total. The number of hydrogen-bond donors (Lipinski definition) is 1. The Morgan fingerprint density at radius 3 is 2.85 bits per heavy atom. The summed E-state index contributed by atoms with van der Waals surface area (Å²) in [6.45, 7) is 4.18. The molecule has 0 radical (unpaired) electrons. The SMILES string of the molecule is CCCc1nc(CCC#N)[nH]c1C. The van der Waals surface area contributed by atoms with E-state index in [0.717, 1.165) is 36.5 Å². The van der Waals surface area contributed by atoms with E-state index in [-0.39, 0.29) is 0 Å². The van der Waals surface area contributed by atoms with E-state index in [9.17, 15) is 0 Å². The first-order valence-electron chi connectivity index (χ1n) is 4.69. The zero-order valence-corrected chi connectivity index (χ0v) is 8.22. The molecule has 0 amide bonds. The number of hydrogen-bond acceptors (Lipinski definition) is 2. The van der Waals surface area contributed by atoms with Gasteiger partial charge >= 0.3 is 0 Å². The zero-order valence-electron chi connectivity index (χ0n) is 8.22. The van der Waals surface area contributed by atoms with Crippen LogP contribution < -0.4 is 0 Å². The van der Waals surface area contributed by atoms with Crippen molar-refractivity contribution in [2.24, 2.45) is 0 Å². The quantitative estimate of drug-likeness (QED) is 0.765. The molecule has 1 rings (SSSR count). The predicted molar refractivity (Wildman–Crippen MR) is 51.3 cm³/mol. The molecule has 1 aromatic heterocycles. The third-order valence-electron chi connectivity index (χ3n) is 1.99. The number of rotatable bonds is 4. The summed E-state index contributed by atoms with van der Waals surface area (Å²) in [4.78, 5) is 7.63. The fraction of sp³-hybridized carbons (Fsp3) is 0.600. The summed E-state index contributed by atoms with van der Waals surface area (Å²) >= 11 is 0. The maximum Gasteiger partial charge on any atom is 0.107 e. The lowest BCUT2D eigenvalue weighted by molar-refractivity contribution is 0.864. The van der Waals surface area contributed by atoms with Gasteiger partial charge in [-0.1, -0.05) is 13.3 Å². The Morgan fingerprint density at radius 1 is 1.46 bits per heavy atom. The molecular weight excluding hydrogens is 162 g/mol. The molecule has 0 saturated carbocycles. The second kappa shape index (κ2) is 4.66. The average molecular weight is 177 g/mol. The van der Waals surface area contributed by atoms with Crippen LogP contribution in [0.15, 0.2) is 0 Å². The second-order valence-electron chi connectivity index (χ2n) is 3.16. The number of H-pyrrole nitrogens is 1. The second-order valence-corrected chi connectivity index (χ2v) is 3.16. The van der Waals surface area contributed by atoms with Crippen molar-refractivity contribution in [3.8, 4) is 6.07 Å². The zero-order chi connectivity index (χ0) is 9.68. The van der Waals surface area contributed by atoms with Crippen molar-refractivity contribution >= 4 is 0 Å². The monoisotopic (exact) mass is 177 g/mol. The molecule has 0 aliphatic carbocycles. The number of imidazole rings is 1. The molecule has 0 fully saturated rings. The van der Waals surface area contributed by atoms with Crippen molar-refractivity contribution in [1.82, 2.24) is 9.97 Å². The predicted octanol–water partition coefficient (Wildman–Crippen LogP) is 2.13. The lowest BCUT2D eigenvalue weighted by Gasteiger charge is -1.91. The van der Waals surface area contributed by atoms with E-state index in [2.05, 4.69) is 23.0 Å². The standard InChI is InChI=1S/C10H15N3/c1-3-5-9-8(2)12-10(13-9)6-4-7-11/h3-6H2,1-2H3,(H,12,13). The van der Waals surface area contributed by atoms with Gasteiger partial charge in [-0.3, -0.25) is 0 Å². The Morgan fingerprint density at radius 2 is 2.23 bits per heavy atom. The van der Waals surface area contributed by atoms with Gasteiger partial charge in [0.2, 0.25) is 0 Å². The van der Waals surface area contributed by atoms with Gasteiger partial charge in [0.25, 0.3) is 0 Å². The molecule has 13 heavy (non-hydrogen) atoms. The highest BCUT2D eigenvalue weighted by molar-refractivity contribution is 5.13. The molecule has 0 atom stereocenters. The van der Waals surface area contributed by atoms with E-state index in [1.807, 2.05) is 6.92 Å². The molecule has 70 valence electrons. The van der Waals surface area contributed by atoms with Crippen LogP contribution in [0.2, 0.25) is 0 Å². The van der Waals surface area contributed by atoms with Gasteiger partial charge in [-0.05, 0) is 13.3 Å². The van der Waals surface area contributed by atoms with E-state index >= 15 is 0 Å². The summed E-state index contributed by atoms with van der Waals surface area (Å²) in [6, 6.07) is 2.12. The van der Waals surface area contributed by atoms with Crippen molar-refractivity contribution < 1.29 is 0 Å². The van der Waals surface area contributed by atoms with E-state index in [0.29, 0.717) is 6.42 Å². The summed E-state index contributed by atoms with van der Waals surface area (Å²) < 4.78 is 0. The van der Waals surface area contributed by atoms with Crippen LogP contribution in [0.5, 0.6) is 0 Å². The van der Waals surface area contributed by atoms with Crippen molar-refractivity contribution in [1.29, 1.82) is 5.26 Å². The molecule has 0 aliphatic rings. The van der Waals surface area contributed by atoms with Crippen LogP contribution in [-0.4, -0.2) is 9.97 Å². The minimum atomic E-state index is 0.540. The number of aromatic amines is 1. The van der Waals surface area contributed by atoms with E-state index in [4.69, 9.17) is 5.26 Å². The molecule has 0 spiro atoms. The number of aromatic nitrogens is 2. The minimum absolute atomic E-state index is 0.540. The maximum atomic E-state index is 8.42. The van der Waals surface area contributed by atoms with Crippen LogP contribution in [-0.2, 0) is 12.8 Å². The molecule has 3 nitrogen and oxygen atoms in total. The van der Waals surface area contributed by atoms with Crippen LogP contribution in [0.3, 0.4) is 0 Å². The minimum Gasteiger partial charge on any atom is -0.346 e. The first kappa shape index (κ1) is 9.79. The Kier molecular flexibility index (Phi) is 3.51. The fourth-order valence-electron chi connectivity index (χ4n) is 1.34. The van der Waals surface area contributed by atoms with Gasteiger partial charge in [-0.25, -0.2) is 4.98 Å². The third-order valence-corrected chi connectivity index (χ3v) is 1.99. The molecule has 0 bridgehead atoms. The van der Waals surface area contributed by atoms with Gasteiger partial charge in [0.05, 0.1) is 11.8 Å². The molecular formula is C10H15N3. The molecule has 3 heteroatoms. The van der Waals surface area contributed by atoms with Gasteiger partial charge in [-0.15, -0.1) is 0 Å². The molecule has 0 unspecified atom stereocenters. The number of nitriles is 1. The highest BCUT2D eigenvalue weighted by atomic mass is 14.9. The van der Waals surface area contributed by atoms with Gasteiger partial charge in [0.1, 0.15) is 5.82 Å². The number of nitrogens with zero attached hydrogens (tertiary/aromatic N) is 2. The van der Waals surface area contributed by atoms with Crippen LogP contribution >= 0.6 is 0 Å². The van der Waals surface area contributed by atoms with Crippen LogP contribution in [0, 0.1) is 18.3 Å². The molecule has 1 heterocycles. The van der Waals surface area contributed by atoms with Crippen LogP contribution in [0.25, 0.3) is 0 Å². The van der Waals surface area contributed by atoms with Crippen molar-refractivity contribution in [2.75, 3.05) is 0 Å². The van der Waals surface area contributed by atoms with Crippen LogP contribution in [0.4, 0.5) is 0 Å². The molecule has 0 saturated heterocycles. The third kappa shape index (κ3) is 2.59. The summed E-state index contributed by atoms with van der Waals surface area (Å²) in [6.07, 6.45) is 3.41. The van der Waals surface area contributed by atoms with Crippen LogP contribution in [0.1, 0.15) is 37.0 Å². The average Bonchev–Trinajstić information content (AvgIpc) is 2.45. The normalized spacial score (nSPS) is 9.92. The van der Waals surface area contributed by atoms with Crippen molar-refractivity contribution in [3.63, 3.8) is 0 Å². The van der Waals surface area contributed by atoms with Gasteiger partial charge in [0, 0.05) is 18.5 Å². The summed E-state index contributed by atoms with van der Waals surface area (Å²) in [5.41, 5.74) is 2.30. The van der Waals surface area contributed by atoms with Gasteiger partial charge in [0.15, 0.2) is 0 Å². The number of aryl methyl sites for hydroxylation is 3. The Bertz CT molecular complexity index is 306. The number of nitrogens with one attached hydrogen (secondary N) is 1. The van der Waals surface area contributed by atoms with Crippen molar-refractivity contribution in [2.45, 2.75) is 39.5 Å². The summed E-state index contributed by atoms with van der Waals surface area (Å²) in [7, 11) is 0. The first-order chi connectivity index (χ1) is 6.27. The summed E-state index contributed by atoms with van der Waals surface area (Å²) in [5.74, 6) is 0.947. The van der Waals surface area contributed by atoms with Gasteiger partial charge < -0.3 is 4.98 Å². The Hall–Kier alpha value is -1.30. The summed E-state index contributed by atoms with van der Waals surface area (Å²) in [5, 5.41) is 8.42. The Labute approximate surface area is 78.8 Å². The largest absolute Gasteiger partial charge is 0.346 e. The molecule has 0 aromatic carbocycles.